The molecule has 0 saturated carbocycles. The molecule has 2 fully saturated rings. The van der Waals surface area contributed by atoms with Gasteiger partial charge in [0.1, 0.15) is 11.8 Å². The maximum Gasteiger partial charge on any atom is 0.414 e. The Bertz CT molecular complexity index is 750. The van der Waals surface area contributed by atoms with E-state index in [1.54, 1.807) is 4.90 Å². The van der Waals surface area contributed by atoms with E-state index in [9.17, 15) is 27.2 Å². The zero-order chi connectivity index (χ0) is 21.1. The van der Waals surface area contributed by atoms with E-state index in [4.69, 9.17) is 4.74 Å². The van der Waals surface area contributed by atoms with E-state index in [1.165, 1.54) is 0 Å². The number of rotatable bonds is 5. The van der Waals surface area contributed by atoms with Crippen LogP contribution in [0.3, 0.4) is 0 Å². The summed E-state index contributed by atoms with van der Waals surface area (Å²) >= 11 is 0. The second-order valence-corrected chi connectivity index (χ2v) is 6.73. The van der Waals surface area contributed by atoms with Crippen molar-refractivity contribution in [3.8, 4) is 0 Å². The SMILES string of the molecule is CN(C[C@H]1CN(c2cc(F)c(N3CCNNCC3)c(F)c2)C(=O)O1)C(=O)C(F)F. The Hall–Kier alpha value is -2.60. The Morgan fingerprint density at radius 2 is 1.83 bits per heavy atom. The molecule has 2 amide bonds. The molecule has 0 unspecified atom stereocenters. The second kappa shape index (κ2) is 8.82. The second-order valence-electron chi connectivity index (χ2n) is 6.73. The van der Waals surface area contributed by atoms with Crippen LogP contribution in [-0.2, 0) is 9.53 Å². The summed E-state index contributed by atoms with van der Waals surface area (Å²) in [6.45, 7) is 1.37. The molecule has 1 aromatic carbocycles. The highest BCUT2D eigenvalue weighted by Gasteiger charge is 2.35. The summed E-state index contributed by atoms with van der Waals surface area (Å²) in [7, 11) is 1.16. The highest BCUT2D eigenvalue weighted by molar-refractivity contribution is 5.90. The Labute approximate surface area is 164 Å². The minimum Gasteiger partial charge on any atom is -0.442 e. The van der Waals surface area contributed by atoms with E-state index in [-0.39, 0.29) is 24.5 Å². The van der Waals surface area contributed by atoms with Crippen LogP contribution in [0.1, 0.15) is 0 Å². The van der Waals surface area contributed by atoms with Crippen LogP contribution < -0.4 is 20.7 Å². The van der Waals surface area contributed by atoms with Crippen LogP contribution in [0.4, 0.5) is 33.7 Å². The third-order valence-electron chi connectivity index (χ3n) is 4.68. The fourth-order valence-electron chi connectivity index (χ4n) is 3.29. The quantitative estimate of drug-likeness (QED) is 0.692. The van der Waals surface area contributed by atoms with Crippen LogP contribution in [0.5, 0.6) is 0 Å². The molecule has 1 aromatic rings. The minimum atomic E-state index is -3.17. The van der Waals surface area contributed by atoms with E-state index >= 15 is 0 Å². The van der Waals surface area contributed by atoms with Gasteiger partial charge in [0.15, 0.2) is 11.6 Å². The lowest BCUT2D eigenvalue weighted by Crippen LogP contribution is -2.39. The normalized spacial score (nSPS) is 20.1. The molecule has 2 aliphatic rings. The van der Waals surface area contributed by atoms with Gasteiger partial charge in [-0.1, -0.05) is 0 Å². The molecule has 2 N–H and O–H groups in total. The fourth-order valence-corrected chi connectivity index (χ4v) is 3.29. The molecule has 2 aliphatic heterocycles. The molecule has 2 saturated heterocycles. The summed E-state index contributed by atoms with van der Waals surface area (Å²) in [5.74, 6) is -3.06. The molecule has 0 aliphatic carbocycles. The van der Waals surface area contributed by atoms with Gasteiger partial charge in [-0.3, -0.25) is 20.5 Å². The summed E-state index contributed by atoms with van der Waals surface area (Å²) in [6, 6.07) is 2.06. The van der Waals surface area contributed by atoms with E-state index in [2.05, 4.69) is 10.9 Å². The van der Waals surface area contributed by atoms with Gasteiger partial charge in [0.05, 0.1) is 18.8 Å². The van der Waals surface area contributed by atoms with E-state index in [0.717, 1.165) is 29.0 Å². The lowest BCUT2D eigenvalue weighted by Gasteiger charge is -2.24. The average molecular weight is 419 g/mol. The number of amides is 2. The number of benzene rings is 1. The molecule has 3 rings (SSSR count). The van der Waals surface area contributed by atoms with Gasteiger partial charge >= 0.3 is 12.5 Å². The Kier molecular flexibility index (Phi) is 6.42. The Balaban J connectivity index is 1.73. The van der Waals surface area contributed by atoms with Gasteiger partial charge in [0, 0.05) is 45.4 Å². The number of hydrazine groups is 1. The third-order valence-corrected chi connectivity index (χ3v) is 4.68. The van der Waals surface area contributed by atoms with E-state index in [1.807, 2.05) is 0 Å². The molecule has 0 spiro atoms. The first-order valence-corrected chi connectivity index (χ1v) is 8.99. The van der Waals surface area contributed by atoms with E-state index in [0.29, 0.717) is 26.2 Å². The number of carbonyl (C=O) groups is 2. The first-order chi connectivity index (χ1) is 13.8. The predicted molar refractivity (Wildman–Crippen MR) is 95.8 cm³/mol. The maximum atomic E-state index is 14.7. The lowest BCUT2D eigenvalue weighted by atomic mass is 10.2. The number of nitrogens with one attached hydrogen (secondary N) is 2. The van der Waals surface area contributed by atoms with Crippen LogP contribution in [0, 0.1) is 11.6 Å². The van der Waals surface area contributed by atoms with Gasteiger partial charge in [-0.15, -0.1) is 0 Å². The first-order valence-electron chi connectivity index (χ1n) is 8.99. The molecule has 8 nitrogen and oxygen atoms in total. The lowest BCUT2D eigenvalue weighted by molar-refractivity contribution is -0.142. The van der Waals surface area contributed by atoms with Gasteiger partial charge in [0.2, 0.25) is 0 Å². The van der Waals surface area contributed by atoms with Crippen molar-refractivity contribution in [1.82, 2.24) is 15.8 Å². The zero-order valence-corrected chi connectivity index (χ0v) is 15.6. The summed E-state index contributed by atoms with van der Waals surface area (Å²) in [5, 5.41) is 0. The van der Waals surface area contributed by atoms with Gasteiger partial charge in [-0.2, -0.15) is 8.78 Å². The Morgan fingerprint density at radius 3 is 2.38 bits per heavy atom. The number of ether oxygens (including phenoxy) is 1. The highest BCUT2D eigenvalue weighted by Crippen LogP contribution is 2.31. The summed E-state index contributed by atoms with van der Waals surface area (Å²) in [4.78, 5) is 26.7. The van der Waals surface area contributed by atoms with Gasteiger partial charge in [-0.25, -0.2) is 13.6 Å². The number of hydrogen-bond donors (Lipinski definition) is 2. The molecule has 2 heterocycles. The van der Waals surface area contributed by atoms with Crippen molar-refractivity contribution in [1.29, 1.82) is 0 Å². The summed E-state index contributed by atoms with van der Waals surface area (Å²) in [6.07, 6.45) is -4.94. The van der Waals surface area contributed by atoms with Crippen LogP contribution >= 0.6 is 0 Å². The average Bonchev–Trinajstić information content (AvgIpc) is 2.85. The fraction of sp³-hybridized carbons (Fsp3) is 0.529. The van der Waals surface area contributed by atoms with Crippen LogP contribution in [-0.4, -0.2) is 75.7 Å². The highest BCUT2D eigenvalue weighted by atomic mass is 19.3. The van der Waals surface area contributed by atoms with E-state index < -0.39 is 36.2 Å². The molecular weight excluding hydrogens is 398 g/mol. The number of likely N-dealkylation sites (N-methyl/N-ethyl adjacent to an activating group) is 1. The standard InChI is InChI=1S/C17H21F4N5O3/c1-24(16(27)15(20)21)8-11-9-26(17(28)29-11)10-6-12(18)14(13(19)7-10)25-4-2-22-23-3-5-25/h6-7,11,15,22-23H,2-5,8-9H2,1H3/t11-/m0/s1. The van der Waals surface area contributed by atoms with Crippen molar-refractivity contribution in [2.75, 3.05) is 56.1 Å². The Morgan fingerprint density at radius 1 is 1.24 bits per heavy atom. The molecule has 0 radical (unpaired) electrons. The molecule has 0 bridgehead atoms. The summed E-state index contributed by atoms with van der Waals surface area (Å²) < 4.78 is 59.3. The topological polar surface area (TPSA) is 77.2 Å². The smallest absolute Gasteiger partial charge is 0.414 e. The number of alkyl halides is 2. The molecular formula is C17H21F4N5O3. The predicted octanol–water partition coefficient (Wildman–Crippen LogP) is 0.928. The largest absolute Gasteiger partial charge is 0.442 e. The molecule has 29 heavy (non-hydrogen) atoms. The third kappa shape index (κ3) is 4.70. The minimum absolute atomic E-state index is 0.0508. The van der Waals surface area contributed by atoms with Crippen molar-refractivity contribution in [2.45, 2.75) is 12.5 Å². The first kappa shape index (κ1) is 21.1. The van der Waals surface area contributed by atoms with Crippen LogP contribution in [0.15, 0.2) is 12.1 Å². The number of halogens is 4. The van der Waals surface area contributed by atoms with Gasteiger partial charge in [-0.05, 0) is 0 Å². The van der Waals surface area contributed by atoms with Crippen molar-refractivity contribution in [3.63, 3.8) is 0 Å². The number of carbonyl (C=O) groups excluding carboxylic acids is 2. The van der Waals surface area contributed by atoms with Crippen molar-refractivity contribution in [3.05, 3.63) is 23.8 Å². The number of cyclic esters (lactones) is 1. The van der Waals surface area contributed by atoms with Crippen LogP contribution in [0.25, 0.3) is 0 Å². The van der Waals surface area contributed by atoms with Gasteiger partial charge in [0.25, 0.3) is 5.91 Å². The maximum absolute atomic E-state index is 14.7. The van der Waals surface area contributed by atoms with Crippen molar-refractivity contribution < 1.29 is 31.9 Å². The van der Waals surface area contributed by atoms with Crippen LogP contribution in [0.2, 0.25) is 0 Å². The number of nitrogens with zero attached hydrogens (tertiary/aromatic N) is 3. The monoisotopic (exact) mass is 419 g/mol. The molecule has 160 valence electrons. The van der Waals surface area contributed by atoms with Crippen molar-refractivity contribution >= 4 is 23.4 Å². The zero-order valence-electron chi connectivity index (χ0n) is 15.6. The molecule has 1 atom stereocenters. The van der Waals surface area contributed by atoms with Gasteiger partial charge < -0.3 is 14.5 Å². The number of hydrogen-bond acceptors (Lipinski definition) is 6. The van der Waals surface area contributed by atoms with Crippen molar-refractivity contribution in [2.24, 2.45) is 0 Å². The summed E-state index contributed by atoms with van der Waals surface area (Å²) in [5.41, 5.74) is 5.56. The molecule has 12 heteroatoms. The molecule has 0 aromatic heterocycles. The number of anilines is 2.